The van der Waals surface area contributed by atoms with E-state index in [2.05, 4.69) is 35.3 Å². The molecule has 0 unspecified atom stereocenters. The summed E-state index contributed by atoms with van der Waals surface area (Å²) in [7, 11) is 1.85. The molecule has 0 amide bonds. The van der Waals surface area contributed by atoms with Crippen LogP contribution in [0, 0.1) is 5.41 Å². The Hall–Kier alpha value is -4.05. The molecule has 4 heterocycles. The predicted molar refractivity (Wildman–Crippen MR) is 134 cm³/mol. The van der Waals surface area contributed by atoms with Crippen molar-refractivity contribution in [2.24, 2.45) is 12.5 Å². The molecule has 1 saturated carbocycles. The average molecular weight is 470 g/mol. The van der Waals surface area contributed by atoms with Crippen LogP contribution in [-0.4, -0.2) is 53.5 Å². The second-order valence-corrected chi connectivity index (χ2v) is 10.00. The van der Waals surface area contributed by atoms with E-state index >= 15 is 0 Å². The first-order valence-corrected chi connectivity index (χ1v) is 11.6. The highest BCUT2D eigenvalue weighted by atomic mass is 16.3. The van der Waals surface area contributed by atoms with E-state index in [0.717, 1.165) is 54.3 Å². The number of aryl methyl sites for hydroxylation is 1. The highest BCUT2D eigenvalue weighted by molar-refractivity contribution is 5.66. The molecule has 1 spiro atoms. The van der Waals surface area contributed by atoms with Crippen molar-refractivity contribution in [3.8, 4) is 22.6 Å². The van der Waals surface area contributed by atoms with E-state index in [1.807, 2.05) is 62.6 Å². The fourth-order valence-corrected chi connectivity index (χ4v) is 5.42. The van der Waals surface area contributed by atoms with Gasteiger partial charge in [0.1, 0.15) is 5.82 Å². The molecule has 4 aromatic rings. The van der Waals surface area contributed by atoms with Crippen LogP contribution in [0.5, 0.6) is 0 Å². The summed E-state index contributed by atoms with van der Waals surface area (Å²) in [5, 5.41) is 17.9. The first-order valence-electron chi connectivity index (χ1n) is 11.6. The number of nitrogens with two attached hydrogens (primary N) is 1. The first kappa shape index (κ1) is 21.5. The quantitative estimate of drug-likeness (QED) is 0.404. The minimum Gasteiger partial charge on any atom is -0.390 e. The third kappa shape index (κ3) is 4.06. The Morgan fingerprint density at radius 1 is 0.971 bits per heavy atom. The summed E-state index contributed by atoms with van der Waals surface area (Å²) in [5.41, 5.74) is 8.93. The molecule has 4 N–H and O–H groups in total. The van der Waals surface area contributed by atoms with Gasteiger partial charge in [-0.05, 0) is 50.1 Å². The van der Waals surface area contributed by atoms with Gasteiger partial charge in [0, 0.05) is 54.8 Å². The lowest BCUT2D eigenvalue weighted by molar-refractivity contribution is -0.126. The molecule has 178 valence electrons. The van der Waals surface area contributed by atoms with Gasteiger partial charge in [0.2, 0.25) is 11.9 Å². The maximum absolute atomic E-state index is 10.1. The summed E-state index contributed by atoms with van der Waals surface area (Å²) >= 11 is 0. The number of nitrogen functional groups attached to an aromatic ring is 1. The molecule has 1 aliphatic carbocycles. The van der Waals surface area contributed by atoms with E-state index < -0.39 is 5.60 Å². The topological polar surface area (TPSA) is 131 Å². The monoisotopic (exact) mass is 469 g/mol. The molecule has 3 aromatic heterocycles. The first-order chi connectivity index (χ1) is 16.8. The average Bonchev–Trinajstić information content (AvgIpc) is 3.16. The fourth-order valence-electron chi connectivity index (χ4n) is 5.42. The number of nitrogens with one attached hydrogen (secondary N) is 1. The Morgan fingerprint density at radius 2 is 1.71 bits per heavy atom. The summed E-state index contributed by atoms with van der Waals surface area (Å²) in [6.45, 7) is 3.83. The van der Waals surface area contributed by atoms with E-state index in [0.29, 0.717) is 11.8 Å². The number of anilines is 4. The molecule has 0 radical (unpaired) electrons. The molecule has 1 aliphatic heterocycles. The molecular weight excluding hydrogens is 442 g/mol. The normalized spacial score (nSPS) is 17.6. The Balaban J connectivity index is 1.12. The molecule has 2 aliphatic rings. The van der Waals surface area contributed by atoms with Crippen molar-refractivity contribution in [3.05, 3.63) is 54.9 Å². The van der Waals surface area contributed by atoms with Crippen LogP contribution in [0.3, 0.4) is 0 Å². The maximum atomic E-state index is 10.1. The van der Waals surface area contributed by atoms with Crippen LogP contribution in [0.15, 0.2) is 54.9 Å². The van der Waals surface area contributed by atoms with Crippen LogP contribution in [0.4, 0.5) is 23.4 Å². The molecule has 0 bridgehead atoms. The molecule has 35 heavy (non-hydrogen) atoms. The standard InChI is InChI=1S/C25H27N9O/c1-24(35)12-25(13-24)14-34(15-25)20-8-5-17(11-28-20)21-31-23(33(2)32-21)29-18-6-3-16(4-7-18)19-9-10-27-22(26)30-19/h3-11,35H,12-15H2,1-2H3,(H2,26,27,30)(H,29,31,32). The summed E-state index contributed by atoms with van der Waals surface area (Å²) in [6.07, 6.45) is 5.21. The number of rotatable bonds is 5. The number of nitrogens with zero attached hydrogens (tertiary/aromatic N) is 7. The minimum absolute atomic E-state index is 0.250. The number of pyridine rings is 1. The zero-order valence-electron chi connectivity index (χ0n) is 19.7. The molecular formula is C25H27N9O. The Kier molecular flexibility index (Phi) is 4.75. The zero-order chi connectivity index (χ0) is 24.2. The van der Waals surface area contributed by atoms with Crippen molar-refractivity contribution in [1.82, 2.24) is 29.7 Å². The highest BCUT2D eigenvalue weighted by Gasteiger charge is 2.57. The van der Waals surface area contributed by atoms with Crippen molar-refractivity contribution in [2.75, 3.05) is 29.0 Å². The van der Waals surface area contributed by atoms with Gasteiger partial charge in [-0.3, -0.25) is 0 Å². The number of hydrogen-bond donors (Lipinski definition) is 3. The molecule has 10 nitrogen and oxygen atoms in total. The Morgan fingerprint density at radius 3 is 2.37 bits per heavy atom. The van der Waals surface area contributed by atoms with Gasteiger partial charge in [-0.15, -0.1) is 5.10 Å². The van der Waals surface area contributed by atoms with Crippen LogP contribution in [0.2, 0.25) is 0 Å². The zero-order valence-corrected chi connectivity index (χ0v) is 19.7. The fraction of sp³-hybridized carbons (Fsp3) is 0.320. The molecule has 1 saturated heterocycles. The van der Waals surface area contributed by atoms with E-state index in [1.54, 1.807) is 10.9 Å². The van der Waals surface area contributed by atoms with Gasteiger partial charge in [-0.25, -0.2) is 19.6 Å². The van der Waals surface area contributed by atoms with Crippen LogP contribution < -0.4 is 16.0 Å². The largest absolute Gasteiger partial charge is 0.390 e. The van der Waals surface area contributed by atoms with E-state index in [4.69, 9.17) is 5.73 Å². The van der Waals surface area contributed by atoms with Crippen molar-refractivity contribution in [3.63, 3.8) is 0 Å². The van der Waals surface area contributed by atoms with Gasteiger partial charge < -0.3 is 21.1 Å². The van der Waals surface area contributed by atoms with Crippen molar-refractivity contribution >= 4 is 23.4 Å². The lowest BCUT2D eigenvalue weighted by Gasteiger charge is -2.62. The van der Waals surface area contributed by atoms with Crippen LogP contribution >= 0.6 is 0 Å². The van der Waals surface area contributed by atoms with Gasteiger partial charge in [-0.1, -0.05) is 12.1 Å². The summed E-state index contributed by atoms with van der Waals surface area (Å²) < 4.78 is 1.71. The third-order valence-corrected chi connectivity index (χ3v) is 6.77. The number of hydrogen-bond acceptors (Lipinski definition) is 9. The van der Waals surface area contributed by atoms with Crippen LogP contribution in [0.1, 0.15) is 19.8 Å². The smallest absolute Gasteiger partial charge is 0.225 e. The molecule has 1 aromatic carbocycles. The molecule has 6 rings (SSSR count). The Bertz CT molecular complexity index is 1360. The van der Waals surface area contributed by atoms with Gasteiger partial charge in [0.25, 0.3) is 0 Å². The minimum atomic E-state index is -0.493. The van der Waals surface area contributed by atoms with Gasteiger partial charge in [0.05, 0.1) is 11.3 Å². The lowest BCUT2D eigenvalue weighted by atomic mass is 9.56. The van der Waals surface area contributed by atoms with Crippen LogP contribution in [-0.2, 0) is 7.05 Å². The summed E-state index contributed by atoms with van der Waals surface area (Å²) in [4.78, 5) is 19.7. The molecule has 10 heteroatoms. The molecule has 2 fully saturated rings. The number of benzene rings is 1. The number of aromatic nitrogens is 6. The maximum Gasteiger partial charge on any atom is 0.225 e. The van der Waals surface area contributed by atoms with Gasteiger partial charge in [0.15, 0.2) is 5.82 Å². The Labute approximate surface area is 202 Å². The summed E-state index contributed by atoms with van der Waals surface area (Å²) in [5.74, 6) is 2.44. The predicted octanol–water partition coefficient (Wildman–Crippen LogP) is 3.01. The summed E-state index contributed by atoms with van der Waals surface area (Å²) in [6, 6.07) is 13.7. The SMILES string of the molecule is Cn1nc(-c2ccc(N3CC4(C3)CC(C)(O)C4)nc2)nc1Nc1ccc(-c2ccnc(N)n2)cc1. The van der Waals surface area contributed by atoms with Crippen molar-refractivity contribution in [1.29, 1.82) is 0 Å². The van der Waals surface area contributed by atoms with E-state index in [9.17, 15) is 5.11 Å². The third-order valence-electron chi connectivity index (χ3n) is 6.77. The van der Waals surface area contributed by atoms with Gasteiger partial charge in [-0.2, -0.15) is 4.98 Å². The van der Waals surface area contributed by atoms with Crippen molar-refractivity contribution < 1.29 is 5.11 Å². The van der Waals surface area contributed by atoms with Crippen LogP contribution in [0.25, 0.3) is 22.6 Å². The van der Waals surface area contributed by atoms with Crippen molar-refractivity contribution in [2.45, 2.75) is 25.4 Å². The second-order valence-electron chi connectivity index (χ2n) is 10.00. The highest BCUT2D eigenvalue weighted by Crippen LogP contribution is 2.54. The second kappa shape index (κ2) is 7.74. The number of aliphatic hydroxyl groups is 1. The lowest BCUT2D eigenvalue weighted by Crippen LogP contribution is -2.67. The van der Waals surface area contributed by atoms with E-state index in [-0.39, 0.29) is 11.4 Å². The van der Waals surface area contributed by atoms with E-state index in [1.165, 1.54) is 0 Å². The molecule has 0 atom stereocenters. The van der Waals surface area contributed by atoms with Gasteiger partial charge >= 0.3 is 0 Å².